The standard InChI is InChI=1S/C13H18F3NO2S/c1-9(6-10(2)20(17)18)11-4-3-5-12(7-11)19-8-13(14,15)16/h3-5,7,9-10H,6,8,17H2,1-2H3/t9-,10?,20?/m0/s1. The summed E-state index contributed by atoms with van der Waals surface area (Å²) in [5.74, 6) is 0.208. The van der Waals surface area contributed by atoms with E-state index in [1.54, 1.807) is 25.1 Å². The molecule has 0 saturated carbocycles. The van der Waals surface area contributed by atoms with Crippen LogP contribution >= 0.6 is 0 Å². The van der Waals surface area contributed by atoms with Gasteiger partial charge in [0.05, 0.1) is 11.0 Å². The average Bonchev–Trinajstić information content (AvgIpc) is 2.35. The minimum Gasteiger partial charge on any atom is -0.484 e. The summed E-state index contributed by atoms with van der Waals surface area (Å²) in [6, 6.07) is 6.49. The molecule has 20 heavy (non-hydrogen) atoms. The van der Waals surface area contributed by atoms with Crippen molar-refractivity contribution < 1.29 is 22.1 Å². The Labute approximate surface area is 118 Å². The molecule has 0 aliphatic heterocycles. The van der Waals surface area contributed by atoms with Gasteiger partial charge in [0.25, 0.3) is 0 Å². The van der Waals surface area contributed by atoms with Crippen molar-refractivity contribution in [1.82, 2.24) is 0 Å². The van der Waals surface area contributed by atoms with Crippen molar-refractivity contribution in [2.45, 2.75) is 37.6 Å². The van der Waals surface area contributed by atoms with E-state index < -0.39 is 23.8 Å². The van der Waals surface area contributed by atoms with E-state index in [1.807, 2.05) is 6.92 Å². The maximum absolute atomic E-state index is 12.1. The summed E-state index contributed by atoms with van der Waals surface area (Å²) in [5, 5.41) is 5.13. The quantitative estimate of drug-likeness (QED) is 0.877. The molecule has 0 aromatic heterocycles. The second kappa shape index (κ2) is 7.08. The van der Waals surface area contributed by atoms with E-state index in [9.17, 15) is 17.4 Å². The SMILES string of the molecule is CC(C[C@H](C)c1cccc(OCC(F)(F)F)c1)S(N)=O. The van der Waals surface area contributed by atoms with Crippen LogP contribution in [0.1, 0.15) is 31.7 Å². The second-order valence-electron chi connectivity index (χ2n) is 4.75. The third-order valence-electron chi connectivity index (χ3n) is 2.91. The summed E-state index contributed by atoms with van der Waals surface area (Å²) < 4.78 is 52.1. The van der Waals surface area contributed by atoms with Gasteiger partial charge in [-0.1, -0.05) is 19.1 Å². The van der Waals surface area contributed by atoms with Gasteiger partial charge in [-0.3, -0.25) is 5.14 Å². The Morgan fingerprint density at radius 2 is 2.00 bits per heavy atom. The van der Waals surface area contributed by atoms with Crippen LogP contribution in [0.3, 0.4) is 0 Å². The number of ether oxygens (including phenoxy) is 1. The fourth-order valence-electron chi connectivity index (χ4n) is 1.80. The molecule has 0 aliphatic carbocycles. The Hall–Kier alpha value is -1.08. The van der Waals surface area contributed by atoms with Gasteiger partial charge < -0.3 is 4.74 Å². The molecule has 1 rings (SSSR count). The smallest absolute Gasteiger partial charge is 0.422 e. The minimum absolute atomic E-state index is 0.0342. The molecule has 0 heterocycles. The van der Waals surface area contributed by atoms with Crippen molar-refractivity contribution in [2.24, 2.45) is 5.14 Å². The molecule has 0 radical (unpaired) electrons. The van der Waals surface area contributed by atoms with E-state index in [0.717, 1.165) is 5.56 Å². The molecule has 3 nitrogen and oxygen atoms in total. The Bertz CT molecular complexity index is 465. The van der Waals surface area contributed by atoms with Crippen LogP contribution in [0.2, 0.25) is 0 Å². The zero-order chi connectivity index (χ0) is 15.3. The van der Waals surface area contributed by atoms with Gasteiger partial charge in [0, 0.05) is 5.25 Å². The topological polar surface area (TPSA) is 52.3 Å². The number of rotatable bonds is 6. The maximum Gasteiger partial charge on any atom is 0.422 e. The lowest BCUT2D eigenvalue weighted by Gasteiger charge is -2.17. The van der Waals surface area contributed by atoms with Gasteiger partial charge in [-0.2, -0.15) is 13.2 Å². The largest absolute Gasteiger partial charge is 0.484 e. The van der Waals surface area contributed by atoms with Crippen LogP contribution in [0.5, 0.6) is 5.75 Å². The number of alkyl halides is 3. The summed E-state index contributed by atoms with van der Waals surface area (Å²) >= 11 is 0. The molecule has 2 N–H and O–H groups in total. The third-order valence-corrected chi connectivity index (χ3v) is 3.90. The van der Waals surface area contributed by atoms with E-state index in [-0.39, 0.29) is 16.9 Å². The van der Waals surface area contributed by atoms with Crippen LogP contribution in [0, 0.1) is 0 Å². The van der Waals surface area contributed by atoms with Gasteiger partial charge in [-0.15, -0.1) is 0 Å². The van der Waals surface area contributed by atoms with Gasteiger partial charge in [0.15, 0.2) is 6.61 Å². The fourth-order valence-corrected chi connectivity index (χ4v) is 2.28. The molecule has 1 aromatic carbocycles. The third kappa shape index (κ3) is 5.92. The highest BCUT2D eigenvalue weighted by atomic mass is 32.2. The van der Waals surface area contributed by atoms with Crippen molar-refractivity contribution in [3.05, 3.63) is 29.8 Å². The second-order valence-corrected chi connectivity index (χ2v) is 6.21. The summed E-state index contributed by atoms with van der Waals surface area (Å²) in [6.07, 6.45) is -3.77. The molecule has 0 bridgehead atoms. The molecule has 7 heteroatoms. The number of hydrogen-bond donors (Lipinski definition) is 1. The highest BCUT2D eigenvalue weighted by Crippen LogP contribution is 2.26. The molecule has 0 amide bonds. The van der Waals surface area contributed by atoms with E-state index in [4.69, 9.17) is 9.88 Å². The van der Waals surface area contributed by atoms with Crippen LogP contribution in [0.25, 0.3) is 0 Å². The number of benzene rings is 1. The first-order valence-corrected chi connectivity index (χ1v) is 7.41. The summed E-state index contributed by atoms with van der Waals surface area (Å²) in [4.78, 5) is 0. The Morgan fingerprint density at radius 1 is 1.35 bits per heavy atom. The van der Waals surface area contributed by atoms with Gasteiger partial charge in [0.1, 0.15) is 5.75 Å². The molecule has 2 unspecified atom stereocenters. The molecule has 114 valence electrons. The Morgan fingerprint density at radius 3 is 2.55 bits per heavy atom. The molecular formula is C13H18F3NO2S. The molecule has 0 aliphatic rings. The lowest BCUT2D eigenvalue weighted by Crippen LogP contribution is -2.20. The van der Waals surface area contributed by atoms with E-state index in [1.165, 1.54) is 6.07 Å². The fraction of sp³-hybridized carbons (Fsp3) is 0.538. The molecule has 0 spiro atoms. The zero-order valence-electron chi connectivity index (χ0n) is 11.3. The van der Waals surface area contributed by atoms with Gasteiger partial charge >= 0.3 is 6.18 Å². The number of halogens is 3. The van der Waals surface area contributed by atoms with Crippen molar-refractivity contribution in [2.75, 3.05) is 6.61 Å². The molecular weight excluding hydrogens is 291 g/mol. The monoisotopic (exact) mass is 309 g/mol. The number of hydrogen-bond acceptors (Lipinski definition) is 2. The van der Waals surface area contributed by atoms with Crippen molar-refractivity contribution >= 4 is 11.0 Å². The predicted octanol–water partition coefficient (Wildman–Crippen LogP) is 3.13. The van der Waals surface area contributed by atoms with E-state index in [2.05, 4.69) is 0 Å². The van der Waals surface area contributed by atoms with Crippen LogP contribution < -0.4 is 9.88 Å². The van der Waals surface area contributed by atoms with Crippen molar-refractivity contribution in [1.29, 1.82) is 0 Å². The summed E-state index contributed by atoms with van der Waals surface area (Å²) in [7, 11) is -1.41. The normalized spacial score (nSPS) is 16.5. The van der Waals surface area contributed by atoms with Gasteiger partial charge in [0.2, 0.25) is 0 Å². The average molecular weight is 309 g/mol. The lowest BCUT2D eigenvalue weighted by atomic mass is 9.96. The molecule has 0 fully saturated rings. The van der Waals surface area contributed by atoms with E-state index in [0.29, 0.717) is 6.42 Å². The molecule has 1 aromatic rings. The van der Waals surface area contributed by atoms with Crippen LogP contribution in [-0.2, 0) is 11.0 Å². The van der Waals surface area contributed by atoms with E-state index >= 15 is 0 Å². The van der Waals surface area contributed by atoms with Gasteiger partial charge in [-0.25, -0.2) is 4.21 Å². The zero-order valence-corrected chi connectivity index (χ0v) is 12.1. The minimum atomic E-state index is -4.35. The van der Waals surface area contributed by atoms with Crippen molar-refractivity contribution in [3.63, 3.8) is 0 Å². The first-order chi connectivity index (χ1) is 9.19. The molecule has 0 saturated heterocycles. The summed E-state index contributed by atoms with van der Waals surface area (Å²) in [5.41, 5.74) is 0.835. The highest BCUT2D eigenvalue weighted by Gasteiger charge is 2.28. The van der Waals surface area contributed by atoms with Crippen LogP contribution in [-0.4, -0.2) is 22.2 Å². The van der Waals surface area contributed by atoms with Crippen molar-refractivity contribution in [3.8, 4) is 5.75 Å². The highest BCUT2D eigenvalue weighted by molar-refractivity contribution is 7.83. The Kier molecular flexibility index (Phi) is 6.01. The first kappa shape index (κ1) is 17.0. The van der Waals surface area contributed by atoms with Crippen LogP contribution in [0.15, 0.2) is 24.3 Å². The lowest BCUT2D eigenvalue weighted by molar-refractivity contribution is -0.153. The van der Waals surface area contributed by atoms with Gasteiger partial charge in [-0.05, 0) is 37.0 Å². The summed E-state index contributed by atoms with van der Waals surface area (Å²) in [6.45, 7) is 2.37. The number of nitrogens with two attached hydrogens (primary N) is 1. The Balaban J connectivity index is 2.69. The molecule has 3 atom stereocenters. The predicted molar refractivity (Wildman–Crippen MR) is 72.8 cm³/mol. The maximum atomic E-state index is 12.1. The first-order valence-electron chi connectivity index (χ1n) is 6.13. The van der Waals surface area contributed by atoms with Crippen LogP contribution in [0.4, 0.5) is 13.2 Å².